The summed E-state index contributed by atoms with van der Waals surface area (Å²) in [5, 5.41) is 3.66. The van der Waals surface area contributed by atoms with Gasteiger partial charge in [0.1, 0.15) is 0 Å². The van der Waals surface area contributed by atoms with Gasteiger partial charge in [-0.3, -0.25) is 0 Å². The molecule has 88 valence electrons. The first-order valence-electron chi connectivity index (χ1n) is 6.15. The molecule has 0 radical (unpaired) electrons. The van der Waals surface area contributed by atoms with E-state index in [1.807, 2.05) is 0 Å². The molecule has 0 bridgehead atoms. The first-order chi connectivity index (χ1) is 7.81. The fourth-order valence-corrected chi connectivity index (χ4v) is 2.91. The average molecular weight is 238 g/mol. The van der Waals surface area contributed by atoms with E-state index in [2.05, 4.69) is 36.5 Å². The van der Waals surface area contributed by atoms with E-state index in [0.717, 1.165) is 12.4 Å². The monoisotopic (exact) mass is 237 g/mol. The van der Waals surface area contributed by atoms with Crippen LogP contribution in [0.1, 0.15) is 30.4 Å². The third-order valence-corrected chi connectivity index (χ3v) is 4.07. The fourth-order valence-electron chi connectivity index (χ4n) is 2.54. The van der Waals surface area contributed by atoms with Crippen molar-refractivity contribution in [2.24, 2.45) is 5.92 Å². The van der Waals surface area contributed by atoms with Crippen molar-refractivity contribution in [3.8, 4) is 0 Å². The Bertz CT molecular complexity index is 337. The van der Waals surface area contributed by atoms with Crippen molar-refractivity contribution < 1.29 is 0 Å². The van der Waals surface area contributed by atoms with Crippen molar-refractivity contribution in [1.82, 2.24) is 5.32 Å². The number of nitrogens with one attached hydrogen (secondary N) is 1. The van der Waals surface area contributed by atoms with E-state index >= 15 is 0 Å². The summed E-state index contributed by atoms with van der Waals surface area (Å²) in [4.78, 5) is 0. The van der Waals surface area contributed by atoms with E-state index in [0.29, 0.717) is 12.0 Å². The Morgan fingerprint density at radius 2 is 2.12 bits per heavy atom. The second-order valence-corrected chi connectivity index (χ2v) is 5.07. The van der Waals surface area contributed by atoms with Crippen molar-refractivity contribution >= 4 is 11.6 Å². The molecule has 2 heteroatoms. The number of hydrogen-bond donors (Lipinski definition) is 1. The number of hydrogen-bond acceptors (Lipinski definition) is 1. The summed E-state index contributed by atoms with van der Waals surface area (Å²) in [6.07, 6.45) is 3.89. The summed E-state index contributed by atoms with van der Waals surface area (Å²) in [6.45, 7) is 3.15. The van der Waals surface area contributed by atoms with E-state index in [1.165, 1.54) is 30.4 Å². The van der Waals surface area contributed by atoms with Crippen LogP contribution in [0.2, 0.25) is 0 Å². The van der Waals surface area contributed by atoms with Gasteiger partial charge in [-0.15, -0.1) is 11.6 Å². The molecule has 0 spiro atoms. The summed E-state index contributed by atoms with van der Waals surface area (Å²) in [7, 11) is 0. The van der Waals surface area contributed by atoms with E-state index < -0.39 is 0 Å². The summed E-state index contributed by atoms with van der Waals surface area (Å²) in [5.74, 6) is 1.47. The van der Waals surface area contributed by atoms with Gasteiger partial charge in [-0.2, -0.15) is 0 Å². The van der Waals surface area contributed by atoms with Gasteiger partial charge in [0.25, 0.3) is 0 Å². The highest BCUT2D eigenvalue weighted by atomic mass is 35.5. The van der Waals surface area contributed by atoms with Gasteiger partial charge in [0, 0.05) is 18.5 Å². The van der Waals surface area contributed by atoms with Gasteiger partial charge in [-0.05, 0) is 36.8 Å². The van der Waals surface area contributed by atoms with Gasteiger partial charge in [0.2, 0.25) is 0 Å². The largest absolute Gasteiger partial charge is 0.310 e. The van der Waals surface area contributed by atoms with Crippen LogP contribution in [0.4, 0.5) is 0 Å². The molecule has 1 aliphatic rings. The van der Waals surface area contributed by atoms with Crippen LogP contribution in [-0.2, 0) is 6.54 Å². The molecule has 1 aromatic carbocycles. The summed E-state index contributed by atoms with van der Waals surface area (Å²) in [5.41, 5.74) is 2.78. The minimum Gasteiger partial charge on any atom is -0.310 e. The third kappa shape index (κ3) is 2.78. The highest BCUT2D eigenvalue weighted by Gasteiger charge is 2.25. The van der Waals surface area contributed by atoms with Crippen LogP contribution < -0.4 is 5.32 Å². The van der Waals surface area contributed by atoms with Gasteiger partial charge in [0.15, 0.2) is 0 Å². The first kappa shape index (κ1) is 11.9. The van der Waals surface area contributed by atoms with E-state index in [4.69, 9.17) is 11.6 Å². The zero-order valence-electron chi connectivity index (χ0n) is 9.88. The van der Waals surface area contributed by atoms with Crippen molar-refractivity contribution in [2.45, 2.75) is 38.8 Å². The Hall–Kier alpha value is -0.530. The van der Waals surface area contributed by atoms with Crippen LogP contribution >= 0.6 is 11.6 Å². The average Bonchev–Trinajstić information content (AvgIpc) is 2.75. The lowest BCUT2D eigenvalue weighted by molar-refractivity contribution is 0.429. The molecule has 1 fully saturated rings. The van der Waals surface area contributed by atoms with Crippen molar-refractivity contribution in [1.29, 1.82) is 0 Å². The molecule has 0 amide bonds. The van der Waals surface area contributed by atoms with Crippen LogP contribution in [-0.4, -0.2) is 11.9 Å². The molecular formula is C14H20ClN. The molecular weight excluding hydrogens is 218 g/mol. The lowest BCUT2D eigenvalue weighted by Gasteiger charge is -2.19. The van der Waals surface area contributed by atoms with Gasteiger partial charge in [0.05, 0.1) is 0 Å². The highest BCUT2D eigenvalue weighted by molar-refractivity contribution is 6.18. The SMILES string of the molecule is Cc1ccccc1CNC1CCCC1CCl. The van der Waals surface area contributed by atoms with Crippen LogP contribution in [0.25, 0.3) is 0 Å². The molecule has 1 aliphatic carbocycles. The molecule has 1 aromatic rings. The lowest BCUT2D eigenvalue weighted by Crippen LogP contribution is -2.32. The van der Waals surface area contributed by atoms with E-state index in [9.17, 15) is 0 Å². The molecule has 1 saturated carbocycles. The molecule has 2 unspecified atom stereocenters. The van der Waals surface area contributed by atoms with Gasteiger partial charge in [-0.25, -0.2) is 0 Å². The Morgan fingerprint density at radius 3 is 2.88 bits per heavy atom. The van der Waals surface area contributed by atoms with Crippen molar-refractivity contribution in [3.63, 3.8) is 0 Å². The number of benzene rings is 1. The molecule has 16 heavy (non-hydrogen) atoms. The Balaban J connectivity index is 1.90. The first-order valence-corrected chi connectivity index (χ1v) is 6.68. The van der Waals surface area contributed by atoms with Gasteiger partial charge in [-0.1, -0.05) is 30.7 Å². The van der Waals surface area contributed by atoms with Crippen molar-refractivity contribution in [3.05, 3.63) is 35.4 Å². The summed E-state index contributed by atoms with van der Waals surface area (Å²) in [6, 6.07) is 9.20. The Kier molecular flexibility index (Phi) is 4.25. The predicted molar refractivity (Wildman–Crippen MR) is 69.9 cm³/mol. The lowest BCUT2D eigenvalue weighted by atomic mass is 10.0. The summed E-state index contributed by atoms with van der Waals surface area (Å²) < 4.78 is 0. The molecule has 0 saturated heterocycles. The molecule has 2 rings (SSSR count). The maximum Gasteiger partial charge on any atom is 0.0266 e. The zero-order valence-corrected chi connectivity index (χ0v) is 10.6. The number of halogens is 1. The molecule has 0 aliphatic heterocycles. The minimum absolute atomic E-state index is 0.622. The van der Waals surface area contributed by atoms with E-state index in [-0.39, 0.29) is 0 Å². The number of alkyl halides is 1. The Labute approximate surface area is 103 Å². The quantitative estimate of drug-likeness (QED) is 0.791. The van der Waals surface area contributed by atoms with Crippen LogP contribution in [0, 0.1) is 12.8 Å². The van der Waals surface area contributed by atoms with E-state index in [1.54, 1.807) is 0 Å². The van der Waals surface area contributed by atoms with Crippen LogP contribution in [0.3, 0.4) is 0 Å². The molecule has 0 heterocycles. The van der Waals surface area contributed by atoms with Crippen molar-refractivity contribution in [2.75, 3.05) is 5.88 Å². The minimum atomic E-state index is 0.622. The molecule has 2 atom stereocenters. The smallest absolute Gasteiger partial charge is 0.0266 e. The molecule has 1 nitrogen and oxygen atoms in total. The van der Waals surface area contributed by atoms with Gasteiger partial charge >= 0.3 is 0 Å². The number of rotatable bonds is 4. The van der Waals surface area contributed by atoms with Crippen LogP contribution in [0.15, 0.2) is 24.3 Å². The molecule has 1 N–H and O–H groups in total. The topological polar surface area (TPSA) is 12.0 Å². The fraction of sp³-hybridized carbons (Fsp3) is 0.571. The Morgan fingerprint density at radius 1 is 1.31 bits per heavy atom. The molecule has 0 aromatic heterocycles. The second-order valence-electron chi connectivity index (χ2n) is 4.76. The second kappa shape index (κ2) is 5.70. The summed E-state index contributed by atoms with van der Waals surface area (Å²) >= 11 is 5.98. The highest BCUT2D eigenvalue weighted by Crippen LogP contribution is 2.26. The maximum absolute atomic E-state index is 5.98. The third-order valence-electron chi connectivity index (χ3n) is 3.67. The standard InChI is InChI=1S/C14H20ClN/c1-11-5-2-3-6-13(11)10-16-14-8-4-7-12(14)9-15/h2-3,5-6,12,14,16H,4,7-10H2,1H3. The number of aryl methyl sites for hydroxylation is 1. The van der Waals surface area contributed by atoms with Gasteiger partial charge < -0.3 is 5.32 Å². The zero-order chi connectivity index (χ0) is 11.4. The maximum atomic E-state index is 5.98. The predicted octanol–water partition coefficient (Wildman–Crippen LogP) is 3.49. The van der Waals surface area contributed by atoms with Crippen LogP contribution in [0.5, 0.6) is 0 Å². The normalized spacial score (nSPS) is 24.9.